The van der Waals surface area contributed by atoms with Crippen LogP contribution in [0.4, 0.5) is 0 Å². The lowest BCUT2D eigenvalue weighted by molar-refractivity contribution is -0.119. The number of hydrogen-bond donors (Lipinski definition) is 2. The fraction of sp³-hybridized carbons (Fsp3) is 0.909. The highest BCUT2D eigenvalue weighted by Gasteiger charge is 2.14. The van der Waals surface area contributed by atoms with Gasteiger partial charge in [0.1, 0.15) is 0 Å². The minimum atomic E-state index is 0.0859. The summed E-state index contributed by atoms with van der Waals surface area (Å²) in [5.41, 5.74) is 0. The summed E-state index contributed by atoms with van der Waals surface area (Å²) in [4.78, 5) is 10.8. The normalized spacial score (nSPS) is 20.4. The van der Waals surface area contributed by atoms with Crippen molar-refractivity contribution in [1.29, 1.82) is 0 Å². The lowest BCUT2D eigenvalue weighted by atomic mass is 9.92. The number of piperidine rings is 1. The van der Waals surface area contributed by atoms with Gasteiger partial charge < -0.3 is 10.6 Å². The van der Waals surface area contributed by atoms with Crippen molar-refractivity contribution in [2.45, 2.75) is 45.6 Å². The Hall–Kier alpha value is -0.570. The number of nitrogens with one attached hydrogen (secondary N) is 2. The van der Waals surface area contributed by atoms with Gasteiger partial charge in [-0.05, 0) is 51.6 Å². The van der Waals surface area contributed by atoms with Crippen molar-refractivity contribution in [3.8, 4) is 0 Å². The average Bonchev–Trinajstić information content (AvgIpc) is 2.15. The van der Waals surface area contributed by atoms with Crippen LogP contribution in [-0.4, -0.2) is 25.0 Å². The Balaban J connectivity index is 2.09. The molecule has 1 aliphatic rings. The third kappa shape index (κ3) is 4.61. The summed E-state index contributed by atoms with van der Waals surface area (Å²) in [5.74, 6) is 0.954. The van der Waals surface area contributed by atoms with Crippen molar-refractivity contribution < 1.29 is 4.79 Å². The summed E-state index contributed by atoms with van der Waals surface area (Å²) in [5, 5.41) is 6.29. The molecule has 0 aromatic heterocycles. The number of amides is 1. The van der Waals surface area contributed by atoms with Crippen molar-refractivity contribution in [2.75, 3.05) is 13.1 Å². The minimum absolute atomic E-state index is 0.0859. The largest absolute Gasteiger partial charge is 0.354 e. The molecule has 1 aliphatic heterocycles. The van der Waals surface area contributed by atoms with Gasteiger partial charge in [-0.2, -0.15) is 0 Å². The van der Waals surface area contributed by atoms with E-state index in [4.69, 9.17) is 0 Å². The molecule has 0 unspecified atom stereocenters. The van der Waals surface area contributed by atoms with E-state index in [-0.39, 0.29) is 5.91 Å². The highest BCUT2D eigenvalue weighted by atomic mass is 16.1. The van der Waals surface area contributed by atoms with Crippen molar-refractivity contribution in [3.63, 3.8) is 0 Å². The molecule has 1 rings (SSSR count). The minimum Gasteiger partial charge on any atom is -0.354 e. The van der Waals surface area contributed by atoms with Crippen LogP contribution in [0.15, 0.2) is 0 Å². The van der Waals surface area contributed by atoms with Gasteiger partial charge in [-0.15, -0.1) is 0 Å². The van der Waals surface area contributed by atoms with Crippen molar-refractivity contribution in [1.82, 2.24) is 10.6 Å². The van der Waals surface area contributed by atoms with Crippen LogP contribution in [0, 0.1) is 5.92 Å². The summed E-state index contributed by atoms with van der Waals surface area (Å²) in [6.07, 6.45) is 4.97. The Bertz CT molecular complexity index is 176. The number of carbonyl (C=O) groups is 1. The van der Waals surface area contributed by atoms with E-state index in [9.17, 15) is 4.79 Å². The zero-order valence-corrected chi connectivity index (χ0v) is 9.31. The zero-order valence-electron chi connectivity index (χ0n) is 9.31. The first-order chi connectivity index (χ1) is 6.68. The van der Waals surface area contributed by atoms with E-state index in [1.165, 1.54) is 32.4 Å². The summed E-state index contributed by atoms with van der Waals surface area (Å²) < 4.78 is 0. The second-order valence-electron chi connectivity index (χ2n) is 4.37. The summed E-state index contributed by atoms with van der Waals surface area (Å²) in [6, 6.07) is 0.336. The fourth-order valence-electron chi connectivity index (χ4n) is 2.08. The van der Waals surface area contributed by atoms with E-state index in [0.29, 0.717) is 6.04 Å². The zero-order chi connectivity index (χ0) is 10.4. The maximum atomic E-state index is 10.8. The highest BCUT2D eigenvalue weighted by molar-refractivity contribution is 5.73. The van der Waals surface area contributed by atoms with Gasteiger partial charge in [-0.25, -0.2) is 0 Å². The first-order valence-electron chi connectivity index (χ1n) is 5.66. The van der Waals surface area contributed by atoms with E-state index in [0.717, 1.165) is 12.3 Å². The molecule has 0 aromatic carbocycles. The van der Waals surface area contributed by atoms with Gasteiger partial charge in [0, 0.05) is 13.0 Å². The number of hydrogen-bond acceptors (Lipinski definition) is 2. The predicted molar refractivity (Wildman–Crippen MR) is 58.1 cm³/mol. The van der Waals surface area contributed by atoms with Gasteiger partial charge in [0.15, 0.2) is 0 Å². The van der Waals surface area contributed by atoms with E-state index < -0.39 is 0 Å². The monoisotopic (exact) mass is 198 g/mol. The molecule has 1 fully saturated rings. The summed E-state index contributed by atoms with van der Waals surface area (Å²) in [6.45, 7) is 6.00. The standard InChI is InChI=1S/C11H22N2O/c1-9(13-10(2)14)3-4-11-5-7-12-8-6-11/h9,11-12H,3-8H2,1-2H3,(H,13,14)/t9-/m0/s1. The van der Waals surface area contributed by atoms with Gasteiger partial charge in [0.2, 0.25) is 5.91 Å². The number of rotatable bonds is 4. The Morgan fingerprint density at radius 1 is 1.50 bits per heavy atom. The average molecular weight is 198 g/mol. The van der Waals surface area contributed by atoms with E-state index in [2.05, 4.69) is 17.6 Å². The van der Waals surface area contributed by atoms with Crippen LogP contribution in [0.5, 0.6) is 0 Å². The Labute approximate surface area is 86.6 Å². The van der Waals surface area contributed by atoms with Gasteiger partial charge in [-0.1, -0.05) is 0 Å². The van der Waals surface area contributed by atoms with Gasteiger partial charge in [-0.3, -0.25) is 4.79 Å². The molecule has 0 aromatic rings. The third-order valence-electron chi connectivity index (χ3n) is 2.92. The molecule has 3 nitrogen and oxygen atoms in total. The van der Waals surface area contributed by atoms with Gasteiger partial charge in [0.25, 0.3) is 0 Å². The molecule has 1 atom stereocenters. The second kappa shape index (κ2) is 6.02. The molecule has 82 valence electrons. The van der Waals surface area contributed by atoms with Crippen LogP contribution < -0.4 is 10.6 Å². The third-order valence-corrected chi connectivity index (χ3v) is 2.92. The highest BCUT2D eigenvalue weighted by Crippen LogP contribution is 2.18. The van der Waals surface area contributed by atoms with Crippen LogP contribution in [0.2, 0.25) is 0 Å². The predicted octanol–water partition coefficient (Wildman–Crippen LogP) is 1.29. The number of carbonyl (C=O) groups excluding carboxylic acids is 1. The summed E-state index contributed by atoms with van der Waals surface area (Å²) in [7, 11) is 0. The van der Waals surface area contributed by atoms with E-state index in [1.54, 1.807) is 6.92 Å². The van der Waals surface area contributed by atoms with Gasteiger partial charge >= 0.3 is 0 Å². The maximum Gasteiger partial charge on any atom is 0.217 e. The van der Waals surface area contributed by atoms with E-state index >= 15 is 0 Å². The fourth-order valence-corrected chi connectivity index (χ4v) is 2.08. The van der Waals surface area contributed by atoms with Crippen LogP contribution in [-0.2, 0) is 4.79 Å². The molecule has 1 heterocycles. The molecule has 0 radical (unpaired) electrons. The molecule has 14 heavy (non-hydrogen) atoms. The summed E-state index contributed by atoms with van der Waals surface area (Å²) >= 11 is 0. The molecule has 0 spiro atoms. The van der Waals surface area contributed by atoms with Gasteiger partial charge in [0.05, 0.1) is 0 Å². The Morgan fingerprint density at radius 2 is 2.14 bits per heavy atom. The van der Waals surface area contributed by atoms with Crippen molar-refractivity contribution in [2.24, 2.45) is 5.92 Å². The van der Waals surface area contributed by atoms with Crippen LogP contribution >= 0.6 is 0 Å². The Kier molecular flexibility index (Phi) is 4.94. The van der Waals surface area contributed by atoms with E-state index in [1.807, 2.05) is 0 Å². The van der Waals surface area contributed by atoms with Crippen LogP contribution in [0.1, 0.15) is 39.5 Å². The lowest BCUT2D eigenvalue weighted by Gasteiger charge is -2.23. The molecule has 3 heteroatoms. The lowest BCUT2D eigenvalue weighted by Crippen LogP contribution is -2.32. The van der Waals surface area contributed by atoms with Crippen molar-refractivity contribution in [3.05, 3.63) is 0 Å². The molecule has 1 saturated heterocycles. The topological polar surface area (TPSA) is 41.1 Å². The first-order valence-corrected chi connectivity index (χ1v) is 5.66. The Morgan fingerprint density at radius 3 is 2.71 bits per heavy atom. The van der Waals surface area contributed by atoms with Crippen molar-refractivity contribution >= 4 is 5.91 Å². The quantitative estimate of drug-likeness (QED) is 0.714. The molecule has 0 aliphatic carbocycles. The van der Waals surface area contributed by atoms with Crippen LogP contribution in [0.3, 0.4) is 0 Å². The maximum absolute atomic E-state index is 10.8. The molecular weight excluding hydrogens is 176 g/mol. The second-order valence-corrected chi connectivity index (χ2v) is 4.37. The smallest absolute Gasteiger partial charge is 0.217 e. The SMILES string of the molecule is CC(=O)N[C@@H](C)CCC1CCNCC1. The molecule has 2 N–H and O–H groups in total. The molecule has 0 bridgehead atoms. The first kappa shape index (κ1) is 11.5. The molecule has 1 amide bonds. The van der Waals surface area contributed by atoms with Crippen LogP contribution in [0.25, 0.3) is 0 Å². The molecule has 0 saturated carbocycles. The molecular formula is C11H22N2O.